The highest BCUT2D eigenvalue weighted by molar-refractivity contribution is 5.27. The van der Waals surface area contributed by atoms with Crippen LogP contribution in [0.4, 0.5) is 4.39 Å². The highest BCUT2D eigenvalue weighted by atomic mass is 19.1. The Bertz CT molecular complexity index is 427. The topological polar surface area (TPSA) is 15.3 Å². The lowest BCUT2D eigenvalue weighted by Crippen LogP contribution is -2.46. The van der Waals surface area contributed by atoms with Crippen LogP contribution < -0.4 is 5.32 Å². The molecule has 0 spiro atoms. The number of benzene rings is 1. The molecule has 0 aliphatic carbocycles. The molecular formula is C17H27FN2. The van der Waals surface area contributed by atoms with Crippen molar-refractivity contribution in [3.05, 3.63) is 35.1 Å². The molecule has 1 aromatic rings. The van der Waals surface area contributed by atoms with Gasteiger partial charge in [0.1, 0.15) is 5.82 Å². The van der Waals surface area contributed by atoms with Gasteiger partial charge in [0.05, 0.1) is 0 Å². The SMILES string of the molecule is CCCC(C)[C@H](c1ccc(C)cc1F)N1CCNCC1. The molecular weight excluding hydrogens is 251 g/mol. The Kier molecular flexibility index (Phi) is 5.55. The van der Waals surface area contributed by atoms with Crippen molar-refractivity contribution in [3.63, 3.8) is 0 Å². The van der Waals surface area contributed by atoms with Crippen LogP contribution in [0.3, 0.4) is 0 Å². The van der Waals surface area contributed by atoms with E-state index in [0.29, 0.717) is 5.92 Å². The molecule has 2 rings (SSSR count). The minimum absolute atomic E-state index is 0.0449. The fourth-order valence-corrected chi connectivity index (χ4v) is 3.31. The molecule has 112 valence electrons. The Morgan fingerprint density at radius 1 is 1.30 bits per heavy atom. The standard InChI is InChI=1S/C17H27FN2/c1-4-5-14(3)17(20-10-8-19-9-11-20)15-7-6-13(2)12-16(15)18/h6-7,12,14,17,19H,4-5,8-11H2,1-3H3/t14?,17-/m1/s1. The molecule has 0 radical (unpaired) electrons. The molecule has 1 N–H and O–H groups in total. The zero-order valence-corrected chi connectivity index (χ0v) is 13.0. The monoisotopic (exact) mass is 278 g/mol. The summed E-state index contributed by atoms with van der Waals surface area (Å²) < 4.78 is 14.4. The molecule has 1 saturated heterocycles. The van der Waals surface area contributed by atoms with E-state index in [2.05, 4.69) is 24.1 Å². The number of piperazine rings is 1. The van der Waals surface area contributed by atoms with Gasteiger partial charge < -0.3 is 5.32 Å². The molecule has 0 aromatic heterocycles. The molecule has 0 amide bonds. The van der Waals surface area contributed by atoms with Gasteiger partial charge in [-0.25, -0.2) is 4.39 Å². The van der Waals surface area contributed by atoms with Gasteiger partial charge in [-0.05, 0) is 30.9 Å². The number of aryl methyl sites for hydroxylation is 1. The molecule has 0 bridgehead atoms. The highest BCUT2D eigenvalue weighted by Crippen LogP contribution is 2.33. The van der Waals surface area contributed by atoms with Crippen molar-refractivity contribution < 1.29 is 4.39 Å². The van der Waals surface area contributed by atoms with Crippen molar-refractivity contribution in [2.24, 2.45) is 5.92 Å². The quantitative estimate of drug-likeness (QED) is 0.886. The number of hydrogen-bond donors (Lipinski definition) is 1. The Morgan fingerprint density at radius 3 is 2.60 bits per heavy atom. The Balaban J connectivity index is 2.28. The predicted molar refractivity (Wildman–Crippen MR) is 82.4 cm³/mol. The predicted octanol–water partition coefficient (Wildman–Crippen LogP) is 3.52. The Morgan fingerprint density at radius 2 is 2.00 bits per heavy atom. The summed E-state index contributed by atoms with van der Waals surface area (Å²) in [6.45, 7) is 10.4. The first-order chi connectivity index (χ1) is 9.63. The molecule has 1 aliphatic heterocycles. The second-order valence-electron chi connectivity index (χ2n) is 6.02. The minimum Gasteiger partial charge on any atom is -0.314 e. The number of rotatable bonds is 5. The highest BCUT2D eigenvalue weighted by Gasteiger charge is 2.28. The van der Waals surface area contributed by atoms with E-state index >= 15 is 0 Å². The van der Waals surface area contributed by atoms with Crippen LogP contribution in [-0.4, -0.2) is 31.1 Å². The van der Waals surface area contributed by atoms with Gasteiger partial charge in [0.2, 0.25) is 0 Å². The molecule has 3 heteroatoms. The van der Waals surface area contributed by atoms with E-state index in [-0.39, 0.29) is 11.9 Å². The summed E-state index contributed by atoms with van der Waals surface area (Å²) in [4.78, 5) is 2.45. The van der Waals surface area contributed by atoms with Crippen LogP contribution in [0.25, 0.3) is 0 Å². The lowest BCUT2D eigenvalue weighted by Gasteiger charge is -2.38. The summed E-state index contributed by atoms with van der Waals surface area (Å²) in [7, 11) is 0. The third-order valence-corrected chi connectivity index (χ3v) is 4.30. The van der Waals surface area contributed by atoms with Gasteiger partial charge in [-0.15, -0.1) is 0 Å². The van der Waals surface area contributed by atoms with Gasteiger partial charge in [-0.2, -0.15) is 0 Å². The van der Waals surface area contributed by atoms with Gasteiger partial charge in [-0.3, -0.25) is 4.90 Å². The Labute approximate surface area is 122 Å². The molecule has 2 nitrogen and oxygen atoms in total. The summed E-state index contributed by atoms with van der Waals surface area (Å²) in [5, 5.41) is 3.38. The van der Waals surface area contributed by atoms with E-state index in [0.717, 1.165) is 50.1 Å². The third kappa shape index (κ3) is 3.58. The minimum atomic E-state index is -0.0449. The number of hydrogen-bond acceptors (Lipinski definition) is 2. The maximum absolute atomic E-state index is 14.4. The fourth-order valence-electron chi connectivity index (χ4n) is 3.31. The van der Waals surface area contributed by atoms with E-state index in [1.54, 1.807) is 6.07 Å². The fraction of sp³-hybridized carbons (Fsp3) is 0.647. The first kappa shape index (κ1) is 15.5. The average Bonchev–Trinajstić information content (AvgIpc) is 2.43. The van der Waals surface area contributed by atoms with Crippen molar-refractivity contribution in [1.29, 1.82) is 0 Å². The maximum atomic E-state index is 14.4. The zero-order valence-electron chi connectivity index (χ0n) is 13.0. The second-order valence-corrected chi connectivity index (χ2v) is 6.02. The van der Waals surface area contributed by atoms with E-state index < -0.39 is 0 Å². The first-order valence-corrected chi connectivity index (χ1v) is 7.84. The smallest absolute Gasteiger partial charge is 0.128 e. The van der Waals surface area contributed by atoms with Crippen LogP contribution in [0.2, 0.25) is 0 Å². The van der Waals surface area contributed by atoms with Gasteiger partial charge in [0.15, 0.2) is 0 Å². The van der Waals surface area contributed by atoms with Crippen molar-refractivity contribution in [3.8, 4) is 0 Å². The maximum Gasteiger partial charge on any atom is 0.128 e. The number of halogens is 1. The van der Waals surface area contributed by atoms with E-state index in [9.17, 15) is 4.39 Å². The number of nitrogens with zero attached hydrogens (tertiary/aromatic N) is 1. The number of nitrogens with one attached hydrogen (secondary N) is 1. The van der Waals surface area contributed by atoms with E-state index in [1.807, 2.05) is 19.1 Å². The van der Waals surface area contributed by atoms with Gasteiger partial charge in [0.25, 0.3) is 0 Å². The van der Waals surface area contributed by atoms with Gasteiger partial charge in [0, 0.05) is 37.8 Å². The molecule has 1 heterocycles. The molecule has 1 aromatic carbocycles. The Hall–Kier alpha value is -0.930. The molecule has 1 fully saturated rings. The molecule has 1 aliphatic rings. The average molecular weight is 278 g/mol. The molecule has 0 saturated carbocycles. The lowest BCUT2D eigenvalue weighted by molar-refractivity contribution is 0.123. The molecule has 2 atom stereocenters. The van der Waals surface area contributed by atoms with E-state index in [4.69, 9.17) is 0 Å². The van der Waals surface area contributed by atoms with Gasteiger partial charge >= 0.3 is 0 Å². The summed E-state index contributed by atoms with van der Waals surface area (Å²) in [6.07, 6.45) is 2.29. The van der Waals surface area contributed by atoms with Gasteiger partial charge in [-0.1, -0.05) is 32.4 Å². The van der Waals surface area contributed by atoms with Crippen LogP contribution >= 0.6 is 0 Å². The van der Waals surface area contributed by atoms with Crippen molar-refractivity contribution >= 4 is 0 Å². The van der Waals surface area contributed by atoms with Crippen LogP contribution in [0.15, 0.2) is 18.2 Å². The summed E-state index contributed by atoms with van der Waals surface area (Å²) in [5.41, 5.74) is 1.87. The van der Waals surface area contributed by atoms with Crippen molar-refractivity contribution in [2.75, 3.05) is 26.2 Å². The van der Waals surface area contributed by atoms with Crippen LogP contribution in [0, 0.1) is 18.7 Å². The lowest BCUT2D eigenvalue weighted by atomic mass is 9.88. The second kappa shape index (κ2) is 7.19. The zero-order chi connectivity index (χ0) is 14.5. The first-order valence-electron chi connectivity index (χ1n) is 7.84. The largest absolute Gasteiger partial charge is 0.314 e. The third-order valence-electron chi connectivity index (χ3n) is 4.30. The van der Waals surface area contributed by atoms with Crippen LogP contribution in [-0.2, 0) is 0 Å². The normalized spacial score (nSPS) is 19.8. The van der Waals surface area contributed by atoms with E-state index in [1.165, 1.54) is 0 Å². The van der Waals surface area contributed by atoms with Crippen molar-refractivity contribution in [2.45, 2.75) is 39.7 Å². The summed E-state index contributed by atoms with van der Waals surface area (Å²) in [6, 6.07) is 5.90. The van der Waals surface area contributed by atoms with Crippen LogP contribution in [0.5, 0.6) is 0 Å². The molecule has 20 heavy (non-hydrogen) atoms. The van der Waals surface area contributed by atoms with Crippen molar-refractivity contribution in [1.82, 2.24) is 10.2 Å². The molecule has 1 unspecified atom stereocenters. The van der Waals surface area contributed by atoms with Crippen LogP contribution in [0.1, 0.15) is 43.9 Å². The summed E-state index contributed by atoms with van der Waals surface area (Å²) >= 11 is 0. The summed E-state index contributed by atoms with van der Waals surface area (Å²) in [5.74, 6) is 0.437.